The van der Waals surface area contributed by atoms with Gasteiger partial charge in [0.25, 0.3) is 0 Å². The normalized spacial score (nSPS) is 12.3. The van der Waals surface area contributed by atoms with Gasteiger partial charge in [-0.05, 0) is 18.6 Å². The summed E-state index contributed by atoms with van der Waals surface area (Å²) in [6, 6.07) is 3.64. The molecule has 0 radical (unpaired) electrons. The van der Waals surface area contributed by atoms with E-state index in [-0.39, 0.29) is 5.52 Å². The Kier molecular flexibility index (Phi) is 3.28. The Bertz CT molecular complexity index is 557. The van der Waals surface area contributed by atoms with E-state index >= 15 is 0 Å². The van der Waals surface area contributed by atoms with Crippen molar-refractivity contribution in [3.8, 4) is 0 Å². The molecule has 2 nitrogen and oxygen atoms in total. The molecule has 0 saturated heterocycles. The highest BCUT2D eigenvalue weighted by Gasteiger charge is 2.30. The van der Waals surface area contributed by atoms with Crippen LogP contribution in [-0.2, 0) is 13.0 Å². The predicted molar refractivity (Wildman–Crippen MR) is 59.7 cm³/mol. The Morgan fingerprint density at radius 1 is 1.28 bits per heavy atom. The molecule has 0 aliphatic rings. The molecule has 2 rings (SSSR count). The first-order chi connectivity index (χ1) is 8.40. The summed E-state index contributed by atoms with van der Waals surface area (Å²) in [7, 11) is 0. The molecular weight excluding hydrogens is 248 g/mol. The van der Waals surface area contributed by atoms with Crippen LogP contribution >= 0.6 is 0 Å². The van der Waals surface area contributed by atoms with Gasteiger partial charge in [0.05, 0.1) is 11.0 Å². The Morgan fingerprint density at radius 2 is 2.00 bits per heavy atom. The van der Waals surface area contributed by atoms with Crippen LogP contribution in [0.5, 0.6) is 0 Å². The van der Waals surface area contributed by atoms with Crippen LogP contribution in [0.2, 0.25) is 0 Å². The Hall–Kier alpha value is -1.59. The second-order valence-corrected chi connectivity index (χ2v) is 4.11. The molecule has 2 aromatic rings. The average molecular weight is 260 g/mol. The fraction of sp³-hybridized carbons (Fsp3) is 0.417. The van der Waals surface area contributed by atoms with Gasteiger partial charge in [0.1, 0.15) is 18.2 Å². The molecule has 1 aromatic heterocycles. The molecule has 0 aliphatic carbocycles. The highest BCUT2D eigenvalue weighted by atomic mass is 19.4. The summed E-state index contributed by atoms with van der Waals surface area (Å²) in [5.41, 5.74) is 0.583. The summed E-state index contributed by atoms with van der Waals surface area (Å²) in [6.07, 6.45) is -3.19. The summed E-state index contributed by atoms with van der Waals surface area (Å²) in [5, 5.41) is 0. The van der Waals surface area contributed by atoms with E-state index in [9.17, 15) is 17.6 Å². The lowest BCUT2D eigenvalue weighted by Crippen LogP contribution is -2.19. The fourth-order valence-electron chi connectivity index (χ4n) is 1.92. The molecule has 0 amide bonds. The number of aryl methyl sites for hydroxylation is 1. The number of benzene rings is 1. The van der Waals surface area contributed by atoms with Gasteiger partial charge < -0.3 is 4.57 Å². The zero-order valence-corrected chi connectivity index (χ0v) is 9.76. The van der Waals surface area contributed by atoms with Crippen LogP contribution in [0, 0.1) is 5.82 Å². The van der Waals surface area contributed by atoms with Crippen molar-refractivity contribution in [2.75, 3.05) is 0 Å². The number of imidazole rings is 1. The number of hydrogen-bond donors (Lipinski definition) is 0. The number of fused-ring (bicyclic) bond motifs is 1. The fourth-order valence-corrected chi connectivity index (χ4v) is 1.92. The van der Waals surface area contributed by atoms with Crippen LogP contribution in [0.3, 0.4) is 0 Å². The summed E-state index contributed by atoms with van der Waals surface area (Å²) >= 11 is 0. The Labute approximate surface area is 101 Å². The van der Waals surface area contributed by atoms with Gasteiger partial charge in [-0.25, -0.2) is 9.37 Å². The zero-order valence-electron chi connectivity index (χ0n) is 9.76. The molecule has 0 atom stereocenters. The number of alkyl halides is 3. The smallest absolute Gasteiger partial charge is 0.319 e. The molecule has 0 fully saturated rings. The molecule has 0 saturated carbocycles. The van der Waals surface area contributed by atoms with Crippen molar-refractivity contribution in [2.24, 2.45) is 0 Å². The summed E-state index contributed by atoms with van der Waals surface area (Å²) in [6.45, 7) is 0.766. The van der Waals surface area contributed by atoms with Crippen LogP contribution in [0.15, 0.2) is 18.2 Å². The summed E-state index contributed by atoms with van der Waals surface area (Å²) in [4.78, 5) is 4.07. The Morgan fingerprint density at radius 3 is 2.61 bits per heavy atom. The second-order valence-electron chi connectivity index (χ2n) is 4.11. The van der Waals surface area contributed by atoms with Crippen molar-refractivity contribution >= 4 is 11.0 Å². The van der Waals surface area contributed by atoms with E-state index in [0.29, 0.717) is 24.2 Å². The maximum absolute atomic E-state index is 13.0. The number of nitrogens with zero attached hydrogens (tertiary/aromatic N) is 2. The largest absolute Gasteiger partial charge is 0.406 e. The third-order valence-electron chi connectivity index (χ3n) is 2.60. The highest BCUT2D eigenvalue weighted by Crippen LogP contribution is 2.24. The lowest BCUT2D eigenvalue weighted by Gasteiger charge is -2.11. The number of halogens is 4. The van der Waals surface area contributed by atoms with Crippen molar-refractivity contribution in [3.05, 3.63) is 29.8 Å². The average Bonchev–Trinajstić information content (AvgIpc) is 2.54. The SMILES string of the molecule is CCCc1nc2cc(F)ccc2n1CC(F)(F)F. The van der Waals surface area contributed by atoms with Gasteiger partial charge >= 0.3 is 6.18 Å². The van der Waals surface area contributed by atoms with Crippen molar-refractivity contribution in [1.29, 1.82) is 0 Å². The van der Waals surface area contributed by atoms with Crippen molar-refractivity contribution in [1.82, 2.24) is 9.55 Å². The third-order valence-corrected chi connectivity index (χ3v) is 2.60. The first kappa shape index (κ1) is 12.9. The third kappa shape index (κ3) is 2.63. The molecule has 1 aromatic carbocycles. The molecular formula is C12H12F4N2. The van der Waals surface area contributed by atoms with E-state index < -0.39 is 18.5 Å². The minimum atomic E-state index is -4.31. The number of aromatic nitrogens is 2. The Balaban J connectivity index is 2.55. The number of rotatable bonds is 3. The van der Waals surface area contributed by atoms with Gasteiger partial charge in [-0.2, -0.15) is 13.2 Å². The van der Waals surface area contributed by atoms with Gasteiger partial charge in [0.15, 0.2) is 0 Å². The van der Waals surface area contributed by atoms with Gasteiger partial charge in [0.2, 0.25) is 0 Å². The van der Waals surface area contributed by atoms with Gasteiger partial charge in [-0.1, -0.05) is 6.92 Å². The first-order valence-corrected chi connectivity index (χ1v) is 5.62. The standard InChI is InChI=1S/C12H12F4N2/c1-2-3-11-17-9-6-8(13)4-5-10(9)18(11)7-12(14,15)16/h4-6H,2-3,7H2,1H3. The maximum Gasteiger partial charge on any atom is 0.406 e. The molecule has 0 bridgehead atoms. The minimum Gasteiger partial charge on any atom is -0.319 e. The van der Waals surface area contributed by atoms with Gasteiger partial charge in [-0.3, -0.25) is 0 Å². The zero-order chi connectivity index (χ0) is 13.3. The van der Waals surface area contributed by atoms with Crippen LogP contribution in [0.25, 0.3) is 11.0 Å². The van der Waals surface area contributed by atoms with Gasteiger partial charge in [-0.15, -0.1) is 0 Å². The molecule has 0 aliphatic heterocycles. The molecule has 0 unspecified atom stereocenters. The van der Waals surface area contributed by atoms with Crippen LogP contribution in [0.4, 0.5) is 17.6 Å². The lowest BCUT2D eigenvalue weighted by atomic mass is 10.3. The van der Waals surface area contributed by atoms with E-state index in [1.165, 1.54) is 6.07 Å². The quantitative estimate of drug-likeness (QED) is 0.769. The summed E-state index contributed by atoms with van der Waals surface area (Å²) in [5.74, 6) is -0.155. The van der Waals surface area contributed by atoms with Crippen LogP contribution in [0.1, 0.15) is 19.2 Å². The van der Waals surface area contributed by atoms with E-state index in [0.717, 1.165) is 16.7 Å². The van der Waals surface area contributed by atoms with Crippen LogP contribution < -0.4 is 0 Å². The van der Waals surface area contributed by atoms with Crippen molar-refractivity contribution < 1.29 is 17.6 Å². The highest BCUT2D eigenvalue weighted by molar-refractivity contribution is 5.76. The summed E-state index contributed by atoms with van der Waals surface area (Å²) < 4.78 is 51.7. The molecule has 6 heteroatoms. The molecule has 0 spiro atoms. The lowest BCUT2D eigenvalue weighted by molar-refractivity contribution is -0.140. The number of hydrogen-bond acceptors (Lipinski definition) is 1. The van der Waals surface area contributed by atoms with Crippen LogP contribution in [-0.4, -0.2) is 15.7 Å². The van der Waals surface area contributed by atoms with Gasteiger partial charge in [0, 0.05) is 12.5 Å². The molecule has 0 N–H and O–H groups in total. The monoisotopic (exact) mass is 260 g/mol. The van der Waals surface area contributed by atoms with E-state index in [1.54, 1.807) is 0 Å². The van der Waals surface area contributed by atoms with Crippen molar-refractivity contribution in [3.63, 3.8) is 0 Å². The van der Waals surface area contributed by atoms with E-state index in [4.69, 9.17) is 0 Å². The second kappa shape index (κ2) is 4.59. The predicted octanol–water partition coefficient (Wildman–Crippen LogP) is 3.69. The van der Waals surface area contributed by atoms with Crippen molar-refractivity contribution in [2.45, 2.75) is 32.5 Å². The van der Waals surface area contributed by atoms with E-state index in [2.05, 4.69) is 4.98 Å². The topological polar surface area (TPSA) is 17.8 Å². The molecule has 18 heavy (non-hydrogen) atoms. The molecule has 98 valence electrons. The molecule has 1 heterocycles. The first-order valence-electron chi connectivity index (χ1n) is 5.62. The van der Waals surface area contributed by atoms with E-state index in [1.807, 2.05) is 6.92 Å². The minimum absolute atomic E-state index is 0.266. The maximum atomic E-state index is 13.0.